The summed E-state index contributed by atoms with van der Waals surface area (Å²) in [6.45, 7) is 8.03. The zero-order valence-electron chi connectivity index (χ0n) is 17.7. The number of urea groups is 1. The molecule has 1 aliphatic carbocycles. The van der Waals surface area contributed by atoms with E-state index in [1.54, 1.807) is 4.90 Å². The van der Waals surface area contributed by atoms with Crippen molar-refractivity contribution in [2.24, 2.45) is 5.92 Å². The number of amides is 2. The van der Waals surface area contributed by atoms with E-state index in [4.69, 9.17) is 23.2 Å². The largest absolute Gasteiger partial charge is 0.368 e. The molecule has 0 unspecified atom stereocenters. The molecule has 162 valence electrons. The fourth-order valence-corrected chi connectivity index (χ4v) is 4.75. The molecule has 1 aromatic rings. The lowest BCUT2D eigenvalue weighted by atomic mass is 9.84. The third kappa shape index (κ3) is 6.16. The second kappa shape index (κ2) is 10.7. The summed E-state index contributed by atoms with van der Waals surface area (Å²) in [6.07, 6.45) is 5.91. The average molecular weight is 441 g/mol. The lowest BCUT2D eigenvalue weighted by Crippen LogP contribution is -2.47. The summed E-state index contributed by atoms with van der Waals surface area (Å²) in [7, 11) is 1.85. The second-order valence-corrected chi connectivity index (χ2v) is 9.16. The first-order valence-corrected chi connectivity index (χ1v) is 11.7. The summed E-state index contributed by atoms with van der Waals surface area (Å²) >= 11 is 12.5. The molecule has 1 aromatic carbocycles. The number of hydrogen-bond donors (Lipinski definition) is 1. The van der Waals surface area contributed by atoms with Crippen LogP contribution in [-0.2, 0) is 0 Å². The van der Waals surface area contributed by atoms with Crippen LogP contribution in [-0.4, -0.2) is 68.2 Å². The second-order valence-electron chi connectivity index (χ2n) is 8.37. The molecule has 0 bridgehead atoms. The number of nitrogens with zero attached hydrogens (tertiary/aromatic N) is 3. The molecule has 2 amide bonds. The summed E-state index contributed by atoms with van der Waals surface area (Å²) in [4.78, 5) is 18.7. The van der Waals surface area contributed by atoms with Gasteiger partial charge in [0.05, 0.1) is 15.7 Å². The van der Waals surface area contributed by atoms with Gasteiger partial charge in [-0.15, -0.1) is 0 Å². The van der Waals surface area contributed by atoms with Gasteiger partial charge in [0.1, 0.15) is 0 Å². The van der Waals surface area contributed by atoms with E-state index in [1.165, 1.54) is 19.3 Å². The number of carbonyl (C=O) groups is 1. The minimum absolute atomic E-state index is 0.0635. The number of carbonyl (C=O) groups excluding carboxylic acids is 1. The maximum atomic E-state index is 12.0. The quantitative estimate of drug-likeness (QED) is 0.694. The van der Waals surface area contributed by atoms with Gasteiger partial charge in [0.2, 0.25) is 0 Å². The molecule has 0 aromatic heterocycles. The Hall–Kier alpha value is -1.17. The first kappa shape index (κ1) is 22.5. The van der Waals surface area contributed by atoms with Crippen LogP contribution in [0.1, 0.15) is 39.0 Å². The molecule has 1 saturated carbocycles. The Kier molecular flexibility index (Phi) is 8.34. The van der Waals surface area contributed by atoms with E-state index in [-0.39, 0.29) is 6.03 Å². The van der Waals surface area contributed by atoms with Gasteiger partial charge < -0.3 is 15.1 Å². The van der Waals surface area contributed by atoms with Crippen molar-refractivity contribution in [2.75, 3.05) is 51.2 Å². The van der Waals surface area contributed by atoms with Crippen molar-refractivity contribution in [1.82, 2.24) is 15.1 Å². The normalized spacial score (nSPS) is 23.1. The van der Waals surface area contributed by atoms with Crippen molar-refractivity contribution in [3.63, 3.8) is 0 Å². The van der Waals surface area contributed by atoms with Crippen LogP contribution in [0.25, 0.3) is 0 Å². The van der Waals surface area contributed by atoms with Gasteiger partial charge in [0.25, 0.3) is 0 Å². The van der Waals surface area contributed by atoms with Crippen molar-refractivity contribution < 1.29 is 4.79 Å². The smallest absolute Gasteiger partial charge is 0.317 e. The molecule has 0 radical (unpaired) electrons. The van der Waals surface area contributed by atoms with Gasteiger partial charge in [-0.2, -0.15) is 0 Å². The van der Waals surface area contributed by atoms with Crippen molar-refractivity contribution >= 4 is 34.9 Å². The zero-order valence-corrected chi connectivity index (χ0v) is 19.2. The highest BCUT2D eigenvalue weighted by Crippen LogP contribution is 2.33. The standard InChI is InChI=1S/C22H34Cl2N4O/c1-3-26(2)22(29)25-18-9-7-17(8-10-18)11-12-27-13-15-28(16-14-27)20-6-4-5-19(23)21(20)24/h4-6,17-18H,3,7-16H2,1-2H3,(H,25,29). The minimum atomic E-state index is 0.0635. The van der Waals surface area contributed by atoms with E-state index >= 15 is 0 Å². The van der Waals surface area contributed by atoms with Gasteiger partial charge in [-0.25, -0.2) is 4.79 Å². The van der Waals surface area contributed by atoms with Gasteiger partial charge in [0.15, 0.2) is 0 Å². The zero-order chi connectivity index (χ0) is 20.8. The van der Waals surface area contributed by atoms with Crippen LogP contribution in [0.15, 0.2) is 18.2 Å². The monoisotopic (exact) mass is 440 g/mol. The van der Waals surface area contributed by atoms with Gasteiger partial charge in [-0.3, -0.25) is 4.90 Å². The van der Waals surface area contributed by atoms with Crippen LogP contribution in [0, 0.1) is 5.92 Å². The SMILES string of the molecule is CCN(C)C(=O)NC1CCC(CCN2CCN(c3cccc(Cl)c3Cl)CC2)CC1. The maximum absolute atomic E-state index is 12.0. The van der Waals surface area contributed by atoms with Gasteiger partial charge >= 0.3 is 6.03 Å². The number of rotatable bonds is 6. The Morgan fingerprint density at radius 3 is 2.48 bits per heavy atom. The number of piperazine rings is 1. The van der Waals surface area contributed by atoms with Crippen molar-refractivity contribution in [3.05, 3.63) is 28.2 Å². The average Bonchev–Trinajstić information content (AvgIpc) is 2.75. The predicted molar refractivity (Wildman–Crippen MR) is 122 cm³/mol. The summed E-state index contributed by atoms with van der Waals surface area (Å²) in [6, 6.07) is 6.27. The minimum Gasteiger partial charge on any atom is -0.368 e. The third-order valence-corrected chi connectivity index (χ3v) is 7.30. The van der Waals surface area contributed by atoms with E-state index in [2.05, 4.69) is 21.2 Å². The Balaban J connectivity index is 1.35. The molecule has 2 aliphatic rings. The molecule has 1 aliphatic heterocycles. The molecule has 29 heavy (non-hydrogen) atoms. The number of nitrogens with one attached hydrogen (secondary N) is 1. The molecular weight excluding hydrogens is 407 g/mol. The highest BCUT2D eigenvalue weighted by molar-refractivity contribution is 6.43. The predicted octanol–water partition coefficient (Wildman–Crippen LogP) is 4.73. The van der Waals surface area contributed by atoms with Crippen molar-refractivity contribution in [1.29, 1.82) is 0 Å². The van der Waals surface area contributed by atoms with Crippen LogP contribution in [0.3, 0.4) is 0 Å². The molecule has 1 N–H and O–H groups in total. The third-order valence-electron chi connectivity index (χ3n) is 6.49. The molecule has 2 fully saturated rings. The van der Waals surface area contributed by atoms with E-state index in [9.17, 15) is 4.79 Å². The van der Waals surface area contributed by atoms with Crippen LogP contribution >= 0.6 is 23.2 Å². The number of anilines is 1. The van der Waals surface area contributed by atoms with Crippen LogP contribution < -0.4 is 10.2 Å². The maximum Gasteiger partial charge on any atom is 0.317 e. The van der Waals surface area contributed by atoms with Gasteiger partial charge in [0, 0.05) is 45.8 Å². The summed E-state index contributed by atoms with van der Waals surface area (Å²) in [5.74, 6) is 0.785. The molecule has 1 saturated heterocycles. The first-order chi connectivity index (χ1) is 14.0. The van der Waals surface area contributed by atoms with E-state index in [1.807, 2.05) is 26.1 Å². The van der Waals surface area contributed by atoms with Crippen molar-refractivity contribution in [3.8, 4) is 0 Å². The van der Waals surface area contributed by atoms with Gasteiger partial charge in [-0.05, 0) is 63.6 Å². The molecule has 3 rings (SSSR count). The molecule has 7 heteroatoms. The Morgan fingerprint density at radius 2 is 1.83 bits per heavy atom. The lowest BCUT2D eigenvalue weighted by Gasteiger charge is -2.37. The summed E-state index contributed by atoms with van der Waals surface area (Å²) in [5.41, 5.74) is 1.05. The summed E-state index contributed by atoms with van der Waals surface area (Å²) < 4.78 is 0. The Bertz CT molecular complexity index is 671. The topological polar surface area (TPSA) is 38.8 Å². The molecule has 0 spiro atoms. The number of halogens is 2. The summed E-state index contributed by atoms with van der Waals surface area (Å²) in [5, 5.41) is 4.46. The molecule has 1 heterocycles. The highest BCUT2D eigenvalue weighted by atomic mass is 35.5. The molecular formula is C22H34Cl2N4O. The number of benzene rings is 1. The molecule has 5 nitrogen and oxygen atoms in total. The van der Waals surface area contributed by atoms with Crippen LogP contribution in [0.5, 0.6) is 0 Å². The van der Waals surface area contributed by atoms with Crippen LogP contribution in [0.2, 0.25) is 10.0 Å². The van der Waals surface area contributed by atoms with Crippen molar-refractivity contribution in [2.45, 2.75) is 45.1 Å². The fraction of sp³-hybridized carbons (Fsp3) is 0.682. The van der Waals surface area contributed by atoms with Gasteiger partial charge in [-0.1, -0.05) is 29.3 Å². The van der Waals surface area contributed by atoms with E-state index < -0.39 is 0 Å². The first-order valence-electron chi connectivity index (χ1n) is 10.9. The lowest BCUT2D eigenvalue weighted by molar-refractivity contribution is 0.190. The number of hydrogen-bond acceptors (Lipinski definition) is 3. The molecule has 0 atom stereocenters. The van der Waals surface area contributed by atoms with Crippen LogP contribution in [0.4, 0.5) is 10.5 Å². The highest BCUT2D eigenvalue weighted by Gasteiger charge is 2.25. The van der Waals surface area contributed by atoms with E-state index in [0.29, 0.717) is 16.1 Å². The Morgan fingerprint density at radius 1 is 1.14 bits per heavy atom. The fourth-order valence-electron chi connectivity index (χ4n) is 4.34. The Labute approximate surface area is 185 Å². The van der Waals surface area contributed by atoms with E-state index in [0.717, 1.165) is 63.7 Å².